The van der Waals surface area contributed by atoms with Crippen molar-refractivity contribution in [1.82, 2.24) is 25.1 Å². The molecule has 6 nitrogen and oxygen atoms in total. The SMILES string of the molecule is FC(F)(F)c1cccnc1-c1ccc(-c2n[nH]c3ncc(-c4ccc5c(c4)CC[C@@H](N4C6COCC4C6)CC5)cc23)cc1. The number of nitrogens with one attached hydrogen (secondary N) is 1. The van der Waals surface area contributed by atoms with Crippen LogP contribution in [0.2, 0.25) is 0 Å². The highest BCUT2D eigenvalue weighted by atomic mass is 19.4. The van der Waals surface area contributed by atoms with Gasteiger partial charge in [0.25, 0.3) is 0 Å². The van der Waals surface area contributed by atoms with Gasteiger partial charge >= 0.3 is 6.18 Å². The van der Waals surface area contributed by atoms with Crippen LogP contribution in [-0.4, -0.2) is 56.4 Å². The van der Waals surface area contributed by atoms with Gasteiger partial charge in [0.15, 0.2) is 5.65 Å². The molecule has 0 saturated carbocycles. The van der Waals surface area contributed by atoms with Gasteiger partial charge < -0.3 is 4.74 Å². The second-order valence-electron chi connectivity index (χ2n) is 11.9. The molecule has 1 N–H and O–H groups in total. The molecule has 3 aliphatic rings. The summed E-state index contributed by atoms with van der Waals surface area (Å²) < 4.78 is 46.4. The van der Waals surface area contributed by atoms with Crippen molar-refractivity contribution < 1.29 is 17.9 Å². The van der Waals surface area contributed by atoms with Crippen LogP contribution in [0.25, 0.3) is 44.7 Å². The molecule has 2 fully saturated rings. The lowest BCUT2D eigenvalue weighted by Gasteiger charge is -2.56. The molecule has 3 atom stereocenters. The summed E-state index contributed by atoms with van der Waals surface area (Å²) in [6.07, 6.45) is 4.58. The lowest BCUT2D eigenvalue weighted by molar-refractivity contribution is -0.148. The van der Waals surface area contributed by atoms with E-state index in [-0.39, 0.29) is 5.69 Å². The molecule has 1 aliphatic carbocycles. The second-order valence-corrected chi connectivity index (χ2v) is 11.9. The monoisotopic (exact) mass is 581 g/mol. The Kier molecular flexibility index (Phi) is 6.34. The minimum atomic E-state index is -4.48. The molecule has 43 heavy (non-hydrogen) atoms. The van der Waals surface area contributed by atoms with E-state index in [2.05, 4.69) is 49.3 Å². The van der Waals surface area contributed by atoms with Crippen molar-refractivity contribution in [3.05, 3.63) is 89.7 Å². The molecular formula is C34H30F3N5O. The molecule has 0 radical (unpaired) electrons. The van der Waals surface area contributed by atoms with Crippen molar-refractivity contribution in [1.29, 1.82) is 0 Å². The number of aromatic nitrogens is 4. The van der Waals surface area contributed by atoms with Gasteiger partial charge in [-0.25, -0.2) is 4.98 Å². The minimum Gasteiger partial charge on any atom is -0.378 e. The number of benzene rings is 2. The van der Waals surface area contributed by atoms with Crippen molar-refractivity contribution in [2.75, 3.05) is 13.2 Å². The quantitative estimate of drug-likeness (QED) is 0.230. The van der Waals surface area contributed by atoms with Gasteiger partial charge in [-0.1, -0.05) is 42.5 Å². The molecule has 2 bridgehead atoms. The summed E-state index contributed by atoms with van der Waals surface area (Å²) in [6.45, 7) is 1.76. The van der Waals surface area contributed by atoms with Crippen LogP contribution in [0.15, 0.2) is 73.1 Å². The molecular weight excluding hydrogens is 551 g/mol. The summed E-state index contributed by atoms with van der Waals surface area (Å²) in [7, 11) is 0. The second kappa shape index (κ2) is 10.3. The van der Waals surface area contributed by atoms with Crippen LogP contribution >= 0.6 is 0 Å². The molecule has 0 amide bonds. The first-order valence-electron chi connectivity index (χ1n) is 14.9. The van der Waals surface area contributed by atoms with Crippen molar-refractivity contribution >= 4 is 11.0 Å². The third-order valence-corrected chi connectivity index (χ3v) is 9.42. The average Bonchev–Trinajstić information content (AvgIpc) is 3.35. The first-order chi connectivity index (χ1) is 20.9. The number of nitrogens with zero attached hydrogens (tertiary/aromatic N) is 4. The number of alkyl halides is 3. The molecule has 2 aliphatic heterocycles. The van der Waals surface area contributed by atoms with Gasteiger partial charge in [0, 0.05) is 52.6 Å². The molecule has 3 aromatic heterocycles. The number of hydrogen-bond donors (Lipinski definition) is 1. The summed E-state index contributed by atoms with van der Waals surface area (Å²) >= 11 is 0. The molecule has 0 spiro atoms. The zero-order chi connectivity index (χ0) is 29.1. The van der Waals surface area contributed by atoms with Crippen LogP contribution in [0, 0.1) is 0 Å². The summed E-state index contributed by atoms with van der Waals surface area (Å²) in [6, 6.07) is 19.9. The number of rotatable bonds is 4. The van der Waals surface area contributed by atoms with Crippen molar-refractivity contribution in [2.24, 2.45) is 0 Å². The smallest absolute Gasteiger partial charge is 0.378 e. The van der Waals surface area contributed by atoms with Gasteiger partial charge in [0.1, 0.15) is 5.69 Å². The highest BCUT2D eigenvalue weighted by Gasteiger charge is 2.45. The lowest BCUT2D eigenvalue weighted by atomic mass is 9.87. The van der Waals surface area contributed by atoms with E-state index >= 15 is 0 Å². The number of halogens is 3. The molecule has 2 unspecified atom stereocenters. The van der Waals surface area contributed by atoms with Gasteiger partial charge in [0.2, 0.25) is 0 Å². The van der Waals surface area contributed by atoms with Crippen molar-refractivity contribution in [3.63, 3.8) is 0 Å². The maximum Gasteiger partial charge on any atom is 0.418 e. The third kappa shape index (κ3) is 4.71. The Morgan fingerprint density at radius 2 is 1.49 bits per heavy atom. The zero-order valence-corrected chi connectivity index (χ0v) is 23.4. The minimum absolute atomic E-state index is 0.0892. The van der Waals surface area contributed by atoms with E-state index in [9.17, 15) is 13.2 Å². The van der Waals surface area contributed by atoms with E-state index < -0.39 is 11.7 Å². The Morgan fingerprint density at radius 3 is 2.23 bits per heavy atom. The summed E-state index contributed by atoms with van der Waals surface area (Å²) in [5.41, 5.74) is 6.69. The first kappa shape index (κ1) is 26.5. The van der Waals surface area contributed by atoms with Crippen molar-refractivity contribution in [2.45, 2.75) is 56.4 Å². The number of H-pyrrole nitrogens is 1. The Morgan fingerprint density at radius 1 is 0.767 bits per heavy atom. The number of ether oxygens (including phenoxy) is 1. The largest absolute Gasteiger partial charge is 0.418 e. The topological polar surface area (TPSA) is 66.9 Å². The molecule has 5 aromatic rings. The molecule has 218 valence electrons. The molecule has 9 heteroatoms. The summed E-state index contributed by atoms with van der Waals surface area (Å²) in [4.78, 5) is 11.4. The van der Waals surface area contributed by atoms with Gasteiger partial charge in [-0.2, -0.15) is 18.3 Å². The fourth-order valence-corrected chi connectivity index (χ4v) is 7.26. The Hall–Kier alpha value is -4.08. The third-order valence-electron chi connectivity index (χ3n) is 9.42. The maximum atomic E-state index is 13.5. The maximum absolute atomic E-state index is 13.5. The van der Waals surface area contributed by atoms with Crippen molar-refractivity contribution in [3.8, 4) is 33.6 Å². The van der Waals surface area contributed by atoms with E-state index in [1.54, 1.807) is 24.3 Å². The molecule has 5 heterocycles. The summed E-state index contributed by atoms with van der Waals surface area (Å²) in [5, 5.41) is 8.38. The fraction of sp³-hybridized carbons (Fsp3) is 0.324. The Labute approximate surface area is 246 Å². The predicted octanol–water partition coefficient (Wildman–Crippen LogP) is 7.09. The van der Waals surface area contributed by atoms with Crippen LogP contribution in [0.3, 0.4) is 0 Å². The number of aryl methyl sites for hydroxylation is 2. The van der Waals surface area contributed by atoms with Gasteiger partial charge in [-0.3, -0.25) is 15.0 Å². The molecule has 8 rings (SSSR count). The number of hydrogen-bond acceptors (Lipinski definition) is 5. The van der Waals surface area contributed by atoms with Crippen LogP contribution in [0.5, 0.6) is 0 Å². The standard InChI is InChI=1S/C34H30F3N5O/c35-34(36,37)30-2-1-13-38-32(30)22-6-4-21(5-7-22)31-29-15-25(17-39-33(29)41-40-31)24-8-3-20-9-11-26(12-10-23(20)14-24)42-27-16-28(42)19-43-18-27/h1-8,13-15,17,26-28H,9-12,16,18-19H2,(H,39,40,41)/t26-,27?,28?/m0/s1. The number of fused-ring (bicyclic) bond motifs is 4. The van der Waals surface area contributed by atoms with Gasteiger partial charge in [0.05, 0.1) is 24.5 Å². The van der Waals surface area contributed by atoms with E-state index in [4.69, 9.17) is 4.74 Å². The van der Waals surface area contributed by atoms with Crippen LogP contribution in [-0.2, 0) is 23.8 Å². The highest BCUT2D eigenvalue weighted by molar-refractivity contribution is 5.93. The predicted molar refractivity (Wildman–Crippen MR) is 158 cm³/mol. The first-order valence-corrected chi connectivity index (χ1v) is 14.9. The lowest BCUT2D eigenvalue weighted by Crippen LogP contribution is -2.66. The van der Waals surface area contributed by atoms with Crippen LogP contribution in [0.1, 0.15) is 36.0 Å². The van der Waals surface area contributed by atoms with E-state index in [1.165, 1.54) is 42.7 Å². The fourth-order valence-electron chi connectivity index (χ4n) is 7.26. The highest BCUT2D eigenvalue weighted by Crippen LogP contribution is 2.39. The average molecular weight is 582 g/mol. The van der Waals surface area contributed by atoms with E-state index in [0.29, 0.717) is 35.0 Å². The number of morpholine rings is 1. The number of aromatic amines is 1. The Bertz CT molecular complexity index is 1800. The van der Waals surface area contributed by atoms with Gasteiger partial charge in [-0.15, -0.1) is 0 Å². The number of pyridine rings is 2. The zero-order valence-electron chi connectivity index (χ0n) is 23.4. The summed E-state index contributed by atoms with van der Waals surface area (Å²) in [5.74, 6) is 0. The normalized spacial score (nSPS) is 22.2. The Balaban J connectivity index is 1.06. The van der Waals surface area contributed by atoms with Crippen LogP contribution < -0.4 is 0 Å². The molecule has 2 saturated heterocycles. The van der Waals surface area contributed by atoms with Crippen LogP contribution in [0.4, 0.5) is 13.2 Å². The molecule has 2 aromatic carbocycles. The van der Waals surface area contributed by atoms with E-state index in [1.807, 2.05) is 6.20 Å². The van der Waals surface area contributed by atoms with Gasteiger partial charge in [-0.05, 0) is 67.0 Å². The van der Waals surface area contributed by atoms with E-state index in [0.717, 1.165) is 54.2 Å².